The molecule has 1 heterocycles. The number of benzene rings is 1. The van der Waals surface area contributed by atoms with Crippen LogP contribution in [0.5, 0.6) is 5.75 Å². The molecule has 20 heavy (non-hydrogen) atoms. The number of esters is 1. The summed E-state index contributed by atoms with van der Waals surface area (Å²) in [7, 11) is 1.52. The van der Waals surface area contributed by atoms with Crippen molar-refractivity contribution in [1.82, 2.24) is 5.16 Å². The Morgan fingerprint density at radius 2 is 2.20 bits per heavy atom. The Labute approximate surface area is 121 Å². The van der Waals surface area contributed by atoms with Crippen molar-refractivity contribution in [2.45, 2.75) is 13.8 Å². The molecular formula is C14H14ClNO4. The summed E-state index contributed by atoms with van der Waals surface area (Å²) in [6.45, 7) is 3.69. The second kappa shape index (κ2) is 5.96. The molecule has 0 aliphatic heterocycles. The summed E-state index contributed by atoms with van der Waals surface area (Å²) in [6.07, 6.45) is 0. The van der Waals surface area contributed by atoms with Gasteiger partial charge >= 0.3 is 5.97 Å². The zero-order chi connectivity index (χ0) is 14.7. The van der Waals surface area contributed by atoms with Gasteiger partial charge in [-0.3, -0.25) is 0 Å². The monoisotopic (exact) mass is 295 g/mol. The fourth-order valence-electron chi connectivity index (χ4n) is 1.82. The average molecular weight is 296 g/mol. The summed E-state index contributed by atoms with van der Waals surface area (Å²) in [6, 6.07) is 5.11. The van der Waals surface area contributed by atoms with Crippen LogP contribution in [0.1, 0.15) is 23.0 Å². The maximum absolute atomic E-state index is 12.0. The average Bonchev–Trinajstić information content (AvgIpc) is 2.81. The quantitative estimate of drug-likeness (QED) is 0.808. The molecule has 0 bridgehead atoms. The molecule has 0 N–H and O–H groups in total. The van der Waals surface area contributed by atoms with Crippen molar-refractivity contribution in [1.29, 1.82) is 0 Å². The van der Waals surface area contributed by atoms with Crippen LogP contribution in [-0.2, 0) is 4.74 Å². The number of nitrogens with zero attached hydrogens (tertiary/aromatic N) is 1. The van der Waals surface area contributed by atoms with Crippen molar-refractivity contribution >= 4 is 17.6 Å². The molecular weight excluding hydrogens is 282 g/mol. The number of halogens is 1. The van der Waals surface area contributed by atoms with E-state index in [1.165, 1.54) is 7.11 Å². The predicted molar refractivity (Wildman–Crippen MR) is 74.2 cm³/mol. The summed E-state index contributed by atoms with van der Waals surface area (Å²) in [4.78, 5) is 12.0. The smallest absolute Gasteiger partial charge is 0.344 e. The normalized spacial score (nSPS) is 10.4. The molecule has 0 spiro atoms. The Balaban J connectivity index is 2.51. The van der Waals surface area contributed by atoms with Crippen molar-refractivity contribution in [2.24, 2.45) is 0 Å². The van der Waals surface area contributed by atoms with Crippen LogP contribution in [0, 0.1) is 6.92 Å². The molecule has 0 atom stereocenters. The van der Waals surface area contributed by atoms with Gasteiger partial charge in [0.25, 0.3) is 0 Å². The topological polar surface area (TPSA) is 61.6 Å². The number of aryl methyl sites for hydroxylation is 1. The lowest BCUT2D eigenvalue weighted by atomic mass is 10.1. The van der Waals surface area contributed by atoms with Gasteiger partial charge < -0.3 is 14.0 Å². The number of carbonyl (C=O) groups is 1. The predicted octanol–water partition coefficient (Wildman–Crippen LogP) is 3.49. The SMILES string of the molecule is CCOC(=O)c1c(-c2ccc(Cl)c(OC)c2)noc1C. The second-order valence-electron chi connectivity index (χ2n) is 4.03. The van der Waals surface area contributed by atoms with E-state index in [4.69, 9.17) is 25.6 Å². The summed E-state index contributed by atoms with van der Waals surface area (Å²) >= 11 is 5.98. The number of aromatic nitrogens is 1. The maximum Gasteiger partial charge on any atom is 0.344 e. The van der Waals surface area contributed by atoms with Crippen LogP contribution < -0.4 is 4.74 Å². The van der Waals surface area contributed by atoms with Crippen LogP contribution in [0.25, 0.3) is 11.3 Å². The Morgan fingerprint density at radius 3 is 2.85 bits per heavy atom. The highest BCUT2D eigenvalue weighted by Crippen LogP contribution is 2.32. The van der Waals surface area contributed by atoms with Crippen molar-refractivity contribution in [3.63, 3.8) is 0 Å². The van der Waals surface area contributed by atoms with E-state index in [2.05, 4.69) is 5.16 Å². The Hall–Kier alpha value is -2.01. The molecule has 0 unspecified atom stereocenters. The molecule has 0 aliphatic rings. The molecule has 0 aliphatic carbocycles. The van der Waals surface area contributed by atoms with Crippen LogP contribution in [0.4, 0.5) is 0 Å². The van der Waals surface area contributed by atoms with Crippen LogP contribution in [0.3, 0.4) is 0 Å². The highest BCUT2D eigenvalue weighted by molar-refractivity contribution is 6.32. The number of carbonyl (C=O) groups excluding carboxylic acids is 1. The highest BCUT2D eigenvalue weighted by atomic mass is 35.5. The third-order valence-corrected chi connectivity index (χ3v) is 3.08. The van der Waals surface area contributed by atoms with E-state index in [0.29, 0.717) is 33.4 Å². The van der Waals surface area contributed by atoms with Crippen LogP contribution >= 0.6 is 11.6 Å². The van der Waals surface area contributed by atoms with Crippen molar-refractivity contribution in [2.75, 3.05) is 13.7 Å². The molecule has 0 saturated carbocycles. The van der Waals surface area contributed by atoms with Crippen LogP contribution in [0.15, 0.2) is 22.7 Å². The minimum Gasteiger partial charge on any atom is -0.495 e. The van der Waals surface area contributed by atoms with Gasteiger partial charge in [-0.1, -0.05) is 22.8 Å². The lowest BCUT2D eigenvalue weighted by molar-refractivity contribution is 0.0525. The minimum absolute atomic E-state index is 0.285. The number of methoxy groups -OCH3 is 1. The number of ether oxygens (including phenoxy) is 2. The molecule has 5 nitrogen and oxygen atoms in total. The molecule has 1 aromatic carbocycles. The maximum atomic E-state index is 12.0. The van der Waals surface area contributed by atoms with Gasteiger partial charge in [-0.05, 0) is 26.0 Å². The molecule has 1 aromatic heterocycles. The first-order valence-corrected chi connectivity index (χ1v) is 6.43. The van der Waals surface area contributed by atoms with Gasteiger partial charge in [0.2, 0.25) is 0 Å². The zero-order valence-electron chi connectivity index (χ0n) is 11.4. The molecule has 2 rings (SSSR count). The van der Waals surface area contributed by atoms with E-state index in [-0.39, 0.29) is 6.61 Å². The highest BCUT2D eigenvalue weighted by Gasteiger charge is 2.23. The number of hydrogen-bond acceptors (Lipinski definition) is 5. The lowest BCUT2D eigenvalue weighted by Crippen LogP contribution is -2.06. The van der Waals surface area contributed by atoms with Gasteiger partial charge in [-0.2, -0.15) is 0 Å². The summed E-state index contributed by atoms with van der Waals surface area (Å²) in [5.41, 5.74) is 1.40. The minimum atomic E-state index is -0.463. The molecule has 0 amide bonds. The summed E-state index contributed by atoms with van der Waals surface area (Å²) in [5, 5.41) is 4.40. The van der Waals surface area contributed by atoms with Crippen LogP contribution in [-0.4, -0.2) is 24.8 Å². The lowest BCUT2D eigenvalue weighted by Gasteiger charge is -2.06. The standard InChI is InChI=1S/C14H14ClNO4/c1-4-19-14(17)12-8(2)20-16-13(12)9-5-6-10(15)11(7-9)18-3/h5-7H,4H2,1-3H3. The number of hydrogen-bond donors (Lipinski definition) is 0. The van der Waals surface area contributed by atoms with E-state index in [1.807, 2.05) is 0 Å². The first-order valence-electron chi connectivity index (χ1n) is 6.05. The largest absolute Gasteiger partial charge is 0.495 e. The fourth-order valence-corrected chi connectivity index (χ4v) is 2.01. The van der Waals surface area contributed by atoms with Crippen LogP contribution in [0.2, 0.25) is 5.02 Å². The van der Waals surface area contributed by atoms with E-state index in [1.54, 1.807) is 32.0 Å². The van der Waals surface area contributed by atoms with Gasteiger partial charge in [0.05, 0.1) is 18.7 Å². The first-order chi connectivity index (χ1) is 9.58. The van der Waals surface area contributed by atoms with E-state index >= 15 is 0 Å². The number of rotatable bonds is 4. The Morgan fingerprint density at radius 1 is 1.45 bits per heavy atom. The van der Waals surface area contributed by atoms with E-state index in [9.17, 15) is 4.79 Å². The zero-order valence-corrected chi connectivity index (χ0v) is 12.2. The van der Waals surface area contributed by atoms with E-state index < -0.39 is 5.97 Å². The first kappa shape index (κ1) is 14.4. The van der Waals surface area contributed by atoms with Gasteiger partial charge in [-0.15, -0.1) is 0 Å². The fraction of sp³-hybridized carbons (Fsp3) is 0.286. The summed E-state index contributed by atoms with van der Waals surface area (Å²) in [5.74, 6) is 0.446. The van der Waals surface area contributed by atoms with Gasteiger partial charge in [0.15, 0.2) is 0 Å². The summed E-state index contributed by atoms with van der Waals surface area (Å²) < 4.78 is 15.3. The Kier molecular flexibility index (Phi) is 4.29. The van der Waals surface area contributed by atoms with Crippen molar-refractivity contribution in [3.05, 3.63) is 34.5 Å². The van der Waals surface area contributed by atoms with Crippen molar-refractivity contribution < 1.29 is 18.8 Å². The second-order valence-corrected chi connectivity index (χ2v) is 4.44. The van der Waals surface area contributed by atoms with Gasteiger partial charge in [0, 0.05) is 5.56 Å². The third kappa shape index (κ3) is 2.63. The molecule has 0 radical (unpaired) electrons. The molecule has 106 valence electrons. The molecule has 0 fully saturated rings. The molecule has 6 heteroatoms. The van der Waals surface area contributed by atoms with Gasteiger partial charge in [0.1, 0.15) is 22.8 Å². The molecule has 0 saturated heterocycles. The van der Waals surface area contributed by atoms with Gasteiger partial charge in [-0.25, -0.2) is 4.79 Å². The van der Waals surface area contributed by atoms with Crippen molar-refractivity contribution in [3.8, 4) is 17.0 Å². The van der Waals surface area contributed by atoms with E-state index in [0.717, 1.165) is 0 Å². The Bertz CT molecular complexity index is 636. The third-order valence-electron chi connectivity index (χ3n) is 2.77. The molecule has 2 aromatic rings.